The summed E-state index contributed by atoms with van der Waals surface area (Å²) in [5.41, 5.74) is 0.415. The number of Topliss-reactive ketones (excluding diaryl/α,β-unsaturated/α-hetero) is 1. The topological polar surface area (TPSA) is 77.4 Å². The largest absolute Gasteiger partial charge is 0.495 e. The molecule has 0 spiro atoms. The zero-order valence-corrected chi connectivity index (χ0v) is 18.1. The Kier molecular flexibility index (Phi) is 5.42. The molecule has 1 N–H and O–H groups in total. The van der Waals surface area contributed by atoms with Gasteiger partial charge < -0.3 is 10.1 Å². The van der Waals surface area contributed by atoms with Crippen molar-refractivity contribution in [2.24, 2.45) is 5.41 Å². The molecule has 0 saturated carbocycles. The fourth-order valence-corrected chi connectivity index (χ4v) is 4.11. The van der Waals surface area contributed by atoms with Crippen molar-refractivity contribution in [3.63, 3.8) is 0 Å². The molecule has 0 radical (unpaired) electrons. The number of aromatic nitrogens is 1. The first kappa shape index (κ1) is 21.5. The summed E-state index contributed by atoms with van der Waals surface area (Å²) in [6.07, 6.45) is 0.780. The number of hydrogen-bond acceptors (Lipinski definition) is 4. The predicted octanol–water partition coefficient (Wildman–Crippen LogP) is 4.39. The number of benzene rings is 2. The summed E-state index contributed by atoms with van der Waals surface area (Å²) in [5, 5.41) is 2.55. The van der Waals surface area contributed by atoms with Crippen LogP contribution in [-0.4, -0.2) is 23.4 Å². The maximum absolute atomic E-state index is 13.6. The van der Waals surface area contributed by atoms with Crippen molar-refractivity contribution < 1.29 is 18.7 Å². The van der Waals surface area contributed by atoms with Gasteiger partial charge in [0, 0.05) is 23.4 Å². The van der Waals surface area contributed by atoms with Crippen molar-refractivity contribution in [2.75, 3.05) is 12.4 Å². The quantitative estimate of drug-likeness (QED) is 0.661. The Morgan fingerprint density at radius 2 is 1.81 bits per heavy atom. The van der Waals surface area contributed by atoms with E-state index >= 15 is 0 Å². The Hall–Kier alpha value is -3.74. The van der Waals surface area contributed by atoms with Crippen molar-refractivity contribution in [3.8, 4) is 11.4 Å². The minimum Gasteiger partial charge on any atom is -0.495 e. The minimum absolute atomic E-state index is 0.139. The molecule has 0 fully saturated rings. The van der Waals surface area contributed by atoms with E-state index < -0.39 is 17.3 Å². The van der Waals surface area contributed by atoms with E-state index in [1.807, 2.05) is 13.8 Å². The van der Waals surface area contributed by atoms with Crippen molar-refractivity contribution in [1.29, 1.82) is 0 Å². The van der Waals surface area contributed by atoms with E-state index in [2.05, 4.69) is 5.32 Å². The second-order valence-corrected chi connectivity index (χ2v) is 8.64. The Morgan fingerprint density at radius 3 is 2.53 bits per heavy atom. The predicted molar refractivity (Wildman–Crippen MR) is 119 cm³/mol. The van der Waals surface area contributed by atoms with Gasteiger partial charge >= 0.3 is 0 Å². The molecule has 0 saturated heterocycles. The summed E-state index contributed by atoms with van der Waals surface area (Å²) in [7, 11) is 1.49. The van der Waals surface area contributed by atoms with Crippen LogP contribution >= 0.6 is 0 Å². The molecule has 2 aromatic carbocycles. The van der Waals surface area contributed by atoms with Crippen LogP contribution in [0.2, 0.25) is 0 Å². The van der Waals surface area contributed by atoms with E-state index in [0.717, 1.165) is 6.07 Å². The number of para-hydroxylation sites is 2. The van der Waals surface area contributed by atoms with E-state index in [9.17, 15) is 18.8 Å². The van der Waals surface area contributed by atoms with E-state index in [1.54, 1.807) is 24.3 Å². The third-order valence-electron chi connectivity index (χ3n) is 5.54. The van der Waals surface area contributed by atoms with Gasteiger partial charge in [-0.1, -0.05) is 32.0 Å². The van der Waals surface area contributed by atoms with Crippen LogP contribution in [0.1, 0.15) is 46.7 Å². The molecule has 1 aromatic heterocycles. The number of fused-ring (bicyclic) bond motifs is 1. The second kappa shape index (κ2) is 8.07. The SMILES string of the molecule is COc1ccccc1-n1c2c(cc(C(=O)Nc3cccc(F)c3)c1=O)C(=O)CC(C)(C)C2. The van der Waals surface area contributed by atoms with Gasteiger partial charge in [0.25, 0.3) is 11.5 Å². The highest BCUT2D eigenvalue weighted by Gasteiger charge is 2.35. The fraction of sp³-hybridized carbons (Fsp3) is 0.240. The molecule has 1 heterocycles. The number of amides is 1. The molecule has 1 aliphatic rings. The van der Waals surface area contributed by atoms with E-state index in [-0.39, 0.29) is 22.4 Å². The number of ketones is 1. The Morgan fingerprint density at radius 1 is 1.06 bits per heavy atom. The molecule has 1 aliphatic carbocycles. The van der Waals surface area contributed by atoms with Gasteiger partial charge in [-0.25, -0.2) is 4.39 Å². The summed E-state index contributed by atoms with van der Waals surface area (Å²) < 4.78 is 20.4. The fourth-order valence-electron chi connectivity index (χ4n) is 4.11. The van der Waals surface area contributed by atoms with Gasteiger partial charge in [0.1, 0.15) is 17.1 Å². The summed E-state index contributed by atoms with van der Waals surface area (Å²) in [6, 6.07) is 13.7. The first-order valence-electron chi connectivity index (χ1n) is 10.2. The molecular formula is C25H23FN2O4. The zero-order chi connectivity index (χ0) is 23.0. The molecule has 6 nitrogen and oxygen atoms in total. The zero-order valence-electron chi connectivity index (χ0n) is 18.1. The number of carbonyl (C=O) groups excluding carboxylic acids is 2. The number of nitrogens with one attached hydrogen (secondary N) is 1. The average Bonchev–Trinajstić information content (AvgIpc) is 2.72. The second-order valence-electron chi connectivity index (χ2n) is 8.64. The van der Waals surface area contributed by atoms with E-state index in [4.69, 9.17) is 4.74 Å². The molecule has 0 unspecified atom stereocenters. The van der Waals surface area contributed by atoms with Gasteiger partial charge in [0.15, 0.2) is 5.78 Å². The van der Waals surface area contributed by atoms with Gasteiger partial charge in [0.05, 0.1) is 12.8 Å². The van der Waals surface area contributed by atoms with Crippen molar-refractivity contribution in [1.82, 2.24) is 4.57 Å². The van der Waals surface area contributed by atoms with Crippen LogP contribution in [0.25, 0.3) is 5.69 Å². The molecule has 3 aromatic rings. The summed E-state index contributed by atoms with van der Waals surface area (Å²) in [5.74, 6) is -0.934. The molecule has 32 heavy (non-hydrogen) atoms. The number of pyridine rings is 1. The first-order chi connectivity index (χ1) is 15.2. The highest BCUT2D eigenvalue weighted by Crippen LogP contribution is 2.36. The molecule has 7 heteroatoms. The molecule has 0 atom stereocenters. The van der Waals surface area contributed by atoms with Gasteiger partial charge in [-0.2, -0.15) is 0 Å². The number of ether oxygens (including phenoxy) is 1. The number of anilines is 1. The average molecular weight is 434 g/mol. The third-order valence-corrected chi connectivity index (χ3v) is 5.54. The van der Waals surface area contributed by atoms with E-state index in [0.29, 0.717) is 35.5 Å². The van der Waals surface area contributed by atoms with Gasteiger partial charge in [0.2, 0.25) is 0 Å². The standard InChI is InChI=1S/C25H23FN2O4/c1-25(2)13-20-17(21(29)14-25)12-18(23(30)27-16-8-6-7-15(26)11-16)24(31)28(20)19-9-4-5-10-22(19)32-3/h4-12H,13-14H2,1-3H3,(H,27,30). The van der Waals surface area contributed by atoms with Crippen molar-refractivity contribution in [3.05, 3.63) is 87.6 Å². The maximum Gasteiger partial charge on any atom is 0.268 e. The lowest BCUT2D eigenvalue weighted by atomic mass is 9.75. The first-order valence-corrected chi connectivity index (χ1v) is 10.2. The number of methoxy groups -OCH3 is 1. The summed E-state index contributed by atoms with van der Waals surface area (Å²) in [6.45, 7) is 3.94. The number of nitrogens with zero attached hydrogens (tertiary/aromatic N) is 1. The number of carbonyl (C=O) groups is 2. The summed E-state index contributed by atoms with van der Waals surface area (Å²) in [4.78, 5) is 39.6. The maximum atomic E-state index is 13.6. The van der Waals surface area contributed by atoms with Crippen LogP contribution in [0.3, 0.4) is 0 Å². The van der Waals surface area contributed by atoms with Crippen LogP contribution < -0.4 is 15.6 Å². The lowest BCUT2D eigenvalue weighted by molar-refractivity contribution is 0.0908. The van der Waals surface area contributed by atoms with Crippen LogP contribution in [0.5, 0.6) is 5.75 Å². The Balaban J connectivity index is 1.94. The lowest BCUT2D eigenvalue weighted by Crippen LogP contribution is -2.37. The smallest absolute Gasteiger partial charge is 0.268 e. The summed E-state index contributed by atoms with van der Waals surface area (Å²) >= 11 is 0. The third kappa shape index (κ3) is 3.93. The molecule has 0 aliphatic heterocycles. The van der Waals surface area contributed by atoms with Crippen molar-refractivity contribution >= 4 is 17.4 Å². The van der Waals surface area contributed by atoms with Crippen LogP contribution in [0, 0.1) is 11.2 Å². The lowest BCUT2D eigenvalue weighted by Gasteiger charge is -2.32. The normalized spacial score (nSPS) is 14.6. The Bertz CT molecular complexity index is 1290. The number of hydrogen-bond donors (Lipinski definition) is 1. The minimum atomic E-state index is -0.718. The van der Waals surface area contributed by atoms with Crippen LogP contribution in [0.15, 0.2) is 59.4 Å². The molecule has 0 bridgehead atoms. The molecule has 4 rings (SSSR count). The van der Waals surface area contributed by atoms with Gasteiger partial charge in [-0.05, 0) is 48.2 Å². The molecule has 1 amide bonds. The van der Waals surface area contributed by atoms with Gasteiger partial charge in [-0.15, -0.1) is 0 Å². The Labute approximate surface area is 184 Å². The van der Waals surface area contributed by atoms with Crippen molar-refractivity contribution in [2.45, 2.75) is 26.7 Å². The highest BCUT2D eigenvalue weighted by atomic mass is 19.1. The molecule has 164 valence electrons. The highest BCUT2D eigenvalue weighted by molar-refractivity contribution is 6.07. The van der Waals surface area contributed by atoms with Crippen LogP contribution in [0.4, 0.5) is 10.1 Å². The van der Waals surface area contributed by atoms with Gasteiger partial charge in [-0.3, -0.25) is 19.0 Å². The van der Waals surface area contributed by atoms with E-state index in [1.165, 1.54) is 35.9 Å². The monoisotopic (exact) mass is 434 g/mol. The number of rotatable bonds is 4. The van der Waals surface area contributed by atoms with Crippen LogP contribution in [-0.2, 0) is 6.42 Å². The molecular weight excluding hydrogens is 411 g/mol. The number of halogens is 1.